The van der Waals surface area contributed by atoms with Crippen molar-refractivity contribution in [1.29, 1.82) is 0 Å². The molecular formula is C18H18N2O5. The van der Waals surface area contributed by atoms with E-state index in [2.05, 4.69) is 10.6 Å². The molecule has 0 saturated heterocycles. The van der Waals surface area contributed by atoms with Crippen LogP contribution in [0.15, 0.2) is 48.5 Å². The number of anilines is 1. The SMILES string of the molecule is CC(=O)N[C@@H](Cc1ccc(O)cc1)C(=O)Nc1ccccc1C(=O)O. The largest absolute Gasteiger partial charge is 0.508 e. The number of aromatic hydroxyl groups is 1. The summed E-state index contributed by atoms with van der Waals surface area (Å²) in [5.41, 5.74) is 0.848. The van der Waals surface area contributed by atoms with Crippen molar-refractivity contribution in [1.82, 2.24) is 5.32 Å². The van der Waals surface area contributed by atoms with Crippen molar-refractivity contribution in [3.8, 4) is 5.75 Å². The number of carbonyl (C=O) groups is 3. The number of phenols is 1. The predicted molar refractivity (Wildman–Crippen MR) is 91.4 cm³/mol. The number of para-hydroxylation sites is 1. The summed E-state index contributed by atoms with van der Waals surface area (Å²) in [7, 11) is 0. The summed E-state index contributed by atoms with van der Waals surface area (Å²) in [6.45, 7) is 1.29. The van der Waals surface area contributed by atoms with Crippen molar-refractivity contribution >= 4 is 23.5 Å². The Kier molecular flexibility index (Phi) is 5.73. The molecular weight excluding hydrogens is 324 g/mol. The van der Waals surface area contributed by atoms with Crippen LogP contribution >= 0.6 is 0 Å². The van der Waals surface area contributed by atoms with Crippen LogP contribution in [0, 0.1) is 0 Å². The Morgan fingerprint density at radius 1 is 1.04 bits per heavy atom. The van der Waals surface area contributed by atoms with Gasteiger partial charge in [-0.3, -0.25) is 9.59 Å². The molecule has 4 N–H and O–H groups in total. The van der Waals surface area contributed by atoms with Crippen LogP contribution in [0.25, 0.3) is 0 Å². The van der Waals surface area contributed by atoms with Gasteiger partial charge in [0, 0.05) is 13.3 Å². The van der Waals surface area contributed by atoms with Crippen molar-refractivity contribution in [2.24, 2.45) is 0 Å². The van der Waals surface area contributed by atoms with Crippen molar-refractivity contribution in [3.05, 3.63) is 59.7 Å². The second kappa shape index (κ2) is 7.96. The van der Waals surface area contributed by atoms with Gasteiger partial charge in [0.2, 0.25) is 11.8 Å². The van der Waals surface area contributed by atoms with E-state index in [4.69, 9.17) is 0 Å². The third kappa shape index (κ3) is 5.07. The summed E-state index contributed by atoms with van der Waals surface area (Å²) in [6, 6.07) is 11.4. The van der Waals surface area contributed by atoms with Crippen LogP contribution in [0.3, 0.4) is 0 Å². The third-order valence-corrected chi connectivity index (χ3v) is 3.49. The molecule has 2 rings (SSSR count). The Bertz CT molecular complexity index is 786. The van der Waals surface area contributed by atoms with E-state index >= 15 is 0 Å². The quantitative estimate of drug-likeness (QED) is 0.638. The number of benzene rings is 2. The lowest BCUT2D eigenvalue weighted by Crippen LogP contribution is -2.44. The van der Waals surface area contributed by atoms with E-state index < -0.39 is 17.9 Å². The van der Waals surface area contributed by atoms with Crippen molar-refractivity contribution in [2.75, 3.05) is 5.32 Å². The predicted octanol–water partition coefficient (Wildman–Crippen LogP) is 1.78. The zero-order chi connectivity index (χ0) is 18.4. The first kappa shape index (κ1) is 18.0. The summed E-state index contributed by atoms with van der Waals surface area (Å²) in [5.74, 6) is -1.98. The minimum absolute atomic E-state index is 0.0398. The summed E-state index contributed by atoms with van der Waals surface area (Å²) in [6.07, 6.45) is 0.195. The van der Waals surface area contributed by atoms with E-state index in [1.54, 1.807) is 24.3 Å². The number of hydrogen-bond acceptors (Lipinski definition) is 4. The number of carboxylic acids is 1. The fraction of sp³-hybridized carbons (Fsp3) is 0.167. The number of rotatable bonds is 6. The van der Waals surface area contributed by atoms with Gasteiger partial charge in [0.05, 0.1) is 11.3 Å². The Hall–Kier alpha value is -3.35. The monoisotopic (exact) mass is 342 g/mol. The lowest BCUT2D eigenvalue weighted by Gasteiger charge is -2.18. The standard InChI is InChI=1S/C18H18N2O5/c1-11(21)19-16(10-12-6-8-13(22)9-7-12)17(23)20-15-5-3-2-4-14(15)18(24)25/h2-9,16,22H,10H2,1H3,(H,19,21)(H,20,23)(H,24,25)/t16-/m0/s1. The van der Waals surface area contributed by atoms with Crippen LogP contribution < -0.4 is 10.6 Å². The normalized spacial score (nSPS) is 11.4. The van der Waals surface area contributed by atoms with E-state index in [9.17, 15) is 24.6 Å². The molecule has 0 radical (unpaired) electrons. The maximum absolute atomic E-state index is 12.5. The van der Waals surface area contributed by atoms with Gasteiger partial charge >= 0.3 is 5.97 Å². The minimum atomic E-state index is -1.16. The van der Waals surface area contributed by atoms with Crippen LogP contribution in [0.1, 0.15) is 22.8 Å². The van der Waals surface area contributed by atoms with Crippen molar-refractivity contribution < 1.29 is 24.6 Å². The number of phenolic OH excluding ortho intramolecular Hbond substituents is 1. The van der Waals surface area contributed by atoms with Gasteiger partial charge in [-0.15, -0.1) is 0 Å². The first-order chi connectivity index (χ1) is 11.9. The number of amides is 2. The van der Waals surface area contributed by atoms with Gasteiger partial charge in [0.15, 0.2) is 0 Å². The zero-order valence-electron chi connectivity index (χ0n) is 13.5. The molecule has 25 heavy (non-hydrogen) atoms. The number of hydrogen-bond donors (Lipinski definition) is 4. The fourth-order valence-corrected chi connectivity index (χ4v) is 2.32. The lowest BCUT2D eigenvalue weighted by atomic mass is 10.0. The summed E-state index contributed by atoms with van der Waals surface area (Å²) in [5, 5.41) is 23.6. The zero-order valence-corrected chi connectivity index (χ0v) is 13.5. The van der Waals surface area contributed by atoms with Crippen molar-refractivity contribution in [3.63, 3.8) is 0 Å². The van der Waals surface area contributed by atoms with E-state index in [1.807, 2.05) is 0 Å². The number of nitrogens with one attached hydrogen (secondary N) is 2. The molecule has 1 atom stereocenters. The second-order valence-corrected chi connectivity index (χ2v) is 5.46. The third-order valence-electron chi connectivity index (χ3n) is 3.49. The highest BCUT2D eigenvalue weighted by atomic mass is 16.4. The summed E-state index contributed by atoms with van der Waals surface area (Å²) in [4.78, 5) is 35.2. The maximum atomic E-state index is 12.5. The van der Waals surface area contributed by atoms with Gasteiger partial charge in [-0.1, -0.05) is 24.3 Å². The van der Waals surface area contributed by atoms with Crippen LogP contribution in [-0.2, 0) is 16.0 Å². The smallest absolute Gasteiger partial charge is 0.337 e. The number of aromatic carboxylic acids is 1. The Labute approximate surface area is 144 Å². The highest BCUT2D eigenvalue weighted by molar-refractivity contribution is 6.03. The molecule has 0 bridgehead atoms. The maximum Gasteiger partial charge on any atom is 0.337 e. The van der Waals surface area contributed by atoms with E-state index in [1.165, 1.54) is 31.2 Å². The van der Waals surface area contributed by atoms with Gasteiger partial charge in [-0.05, 0) is 29.8 Å². The molecule has 7 heteroatoms. The van der Waals surface area contributed by atoms with E-state index in [0.29, 0.717) is 0 Å². The van der Waals surface area contributed by atoms with E-state index in [-0.39, 0.29) is 29.3 Å². The molecule has 2 aromatic carbocycles. The van der Waals surface area contributed by atoms with Gasteiger partial charge in [-0.25, -0.2) is 4.79 Å². The molecule has 0 spiro atoms. The molecule has 2 amide bonds. The van der Waals surface area contributed by atoms with Crippen LogP contribution in [-0.4, -0.2) is 34.0 Å². The van der Waals surface area contributed by atoms with Crippen LogP contribution in [0.5, 0.6) is 5.75 Å². The molecule has 0 aliphatic heterocycles. The highest BCUT2D eigenvalue weighted by Crippen LogP contribution is 2.16. The van der Waals surface area contributed by atoms with Crippen LogP contribution in [0.2, 0.25) is 0 Å². The first-order valence-electron chi connectivity index (χ1n) is 7.55. The average molecular weight is 342 g/mol. The lowest BCUT2D eigenvalue weighted by molar-refractivity contribution is -0.125. The fourth-order valence-electron chi connectivity index (χ4n) is 2.32. The number of carboxylic acid groups (broad SMARTS) is 1. The summed E-state index contributed by atoms with van der Waals surface area (Å²) < 4.78 is 0. The molecule has 0 aliphatic carbocycles. The molecule has 130 valence electrons. The number of carbonyl (C=O) groups excluding carboxylic acids is 2. The highest BCUT2D eigenvalue weighted by Gasteiger charge is 2.22. The Morgan fingerprint density at radius 2 is 1.68 bits per heavy atom. The molecule has 0 aliphatic rings. The first-order valence-corrected chi connectivity index (χ1v) is 7.55. The van der Waals surface area contributed by atoms with E-state index in [0.717, 1.165) is 5.56 Å². The second-order valence-electron chi connectivity index (χ2n) is 5.46. The Balaban J connectivity index is 2.19. The minimum Gasteiger partial charge on any atom is -0.508 e. The molecule has 7 nitrogen and oxygen atoms in total. The summed E-state index contributed by atoms with van der Waals surface area (Å²) >= 11 is 0. The van der Waals surface area contributed by atoms with Gasteiger partial charge in [0.25, 0.3) is 0 Å². The molecule has 0 aromatic heterocycles. The van der Waals surface area contributed by atoms with Gasteiger partial charge in [0.1, 0.15) is 11.8 Å². The molecule has 0 saturated carbocycles. The van der Waals surface area contributed by atoms with Gasteiger partial charge < -0.3 is 20.8 Å². The topological polar surface area (TPSA) is 116 Å². The van der Waals surface area contributed by atoms with Crippen LogP contribution in [0.4, 0.5) is 5.69 Å². The Morgan fingerprint density at radius 3 is 2.28 bits per heavy atom. The molecule has 0 fully saturated rings. The molecule has 2 aromatic rings. The average Bonchev–Trinajstić information content (AvgIpc) is 2.56. The van der Waals surface area contributed by atoms with Crippen molar-refractivity contribution in [2.45, 2.75) is 19.4 Å². The molecule has 0 unspecified atom stereocenters. The van der Waals surface area contributed by atoms with Gasteiger partial charge in [-0.2, -0.15) is 0 Å². The molecule has 0 heterocycles.